The number of azo groups is 1. The van der Waals surface area contributed by atoms with Gasteiger partial charge in [-0.2, -0.15) is 28.7 Å². The fraction of sp³-hybridized carbons (Fsp3) is 0.188. The Kier molecular flexibility index (Phi) is 6.25. The Morgan fingerprint density at radius 1 is 1.27 bits per heavy atom. The lowest BCUT2D eigenvalue weighted by molar-refractivity contribution is -0.137. The molecule has 1 unspecified atom stereocenters. The zero-order chi connectivity index (χ0) is 19.2. The first kappa shape index (κ1) is 19.3. The van der Waals surface area contributed by atoms with Gasteiger partial charge in [-0.05, 0) is 35.9 Å². The van der Waals surface area contributed by atoms with Crippen LogP contribution in [0, 0.1) is 11.3 Å². The molecule has 0 fully saturated rings. The summed E-state index contributed by atoms with van der Waals surface area (Å²) in [7, 11) is 0. The van der Waals surface area contributed by atoms with E-state index < -0.39 is 23.7 Å². The molecule has 1 aromatic carbocycles. The quantitative estimate of drug-likeness (QED) is 0.625. The summed E-state index contributed by atoms with van der Waals surface area (Å²) in [5, 5.41) is 19.0. The summed E-state index contributed by atoms with van der Waals surface area (Å²) in [6.45, 7) is 0.108. The average molecular weight is 382 g/mol. The molecule has 1 heterocycles. The number of carbonyl (C=O) groups is 1. The first-order chi connectivity index (χ1) is 12.3. The zero-order valence-corrected chi connectivity index (χ0v) is 13.8. The summed E-state index contributed by atoms with van der Waals surface area (Å²) in [6.07, 6.45) is -2.99. The molecule has 0 aliphatic heterocycles. The van der Waals surface area contributed by atoms with E-state index in [1.807, 2.05) is 0 Å². The number of benzene rings is 1. The molecule has 0 aliphatic rings. The highest BCUT2D eigenvalue weighted by Crippen LogP contribution is 2.30. The standard InChI is InChI=1S/C16H11ClF3N5O/c17-14-6-1-10(8-22-14)9-23-15(26)13(7-21)25-24-12-4-2-11(3-5-12)16(18,19)20/h1-6,8,13H,9H2,(H,23,26). The third-order valence-electron chi connectivity index (χ3n) is 3.11. The lowest BCUT2D eigenvalue weighted by Gasteiger charge is -2.07. The van der Waals surface area contributed by atoms with Crippen molar-refractivity contribution in [3.8, 4) is 6.07 Å². The number of hydrogen-bond donors (Lipinski definition) is 1. The van der Waals surface area contributed by atoms with Gasteiger partial charge >= 0.3 is 6.18 Å². The zero-order valence-electron chi connectivity index (χ0n) is 13.0. The van der Waals surface area contributed by atoms with Crippen LogP contribution < -0.4 is 5.32 Å². The molecular formula is C16H11ClF3N5O. The molecule has 0 bridgehead atoms. The van der Waals surface area contributed by atoms with Crippen molar-refractivity contribution >= 4 is 23.2 Å². The lowest BCUT2D eigenvalue weighted by atomic mass is 10.2. The predicted molar refractivity (Wildman–Crippen MR) is 86.5 cm³/mol. The van der Waals surface area contributed by atoms with Crippen molar-refractivity contribution in [3.63, 3.8) is 0 Å². The highest BCUT2D eigenvalue weighted by Gasteiger charge is 2.29. The summed E-state index contributed by atoms with van der Waals surface area (Å²) in [4.78, 5) is 15.8. The van der Waals surface area contributed by atoms with Crippen molar-refractivity contribution in [2.75, 3.05) is 0 Å². The molecule has 2 aromatic rings. The van der Waals surface area contributed by atoms with E-state index in [0.717, 1.165) is 24.3 Å². The number of carbonyl (C=O) groups excluding carboxylic acids is 1. The normalized spacial score (nSPS) is 12.6. The molecule has 1 aromatic heterocycles. The first-order valence-corrected chi connectivity index (χ1v) is 7.53. The Morgan fingerprint density at radius 2 is 1.96 bits per heavy atom. The van der Waals surface area contributed by atoms with E-state index in [1.165, 1.54) is 6.20 Å². The van der Waals surface area contributed by atoms with Gasteiger partial charge in [0.15, 0.2) is 0 Å². The van der Waals surface area contributed by atoms with E-state index in [1.54, 1.807) is 18.2 Å². The van der Waals surface area contributed by atoms with Crippen LogP contribution in [0.15, 0.2) is 52.8 Å². The fourth-order valence-corrected chi connectivity index (χ4v) is 1.89. The van der Waals surface area contributed by atoms with Gasteiger partial charge in [0.1, 0.15) is 11.2 Å². The average Bonchev–Trinajstić information content (AvgIpc) is 2.61. The van der Waals surface area contributed by atoms with E-state index in [9.17, 15) is 18.0 Å². The first-order valence-electron chi connectivity index (χ1n) is 7.15. The van der Waals surface area contributed by atoms with E-state index in [-0.39, 0.29) is 12.2 Å². The van der Waals surface area contributed by atoms with Gasteiger partial charge in [0, 0.05) is 12.7 Å². The molecule has 2 rings (SSSR count). The van der Waals surface area contributed by atoms with Gasteiger partial charge in [0.05, 0.1) is 11.3 Å². The molecule has 26 heavy (non-hydrogen) atoms. The third-order valence-corrected chi connectivity index (χ3v) is 3.33. The Balaban J connectivity index is 1.97. The molecule has 0 saturated carbocycles. The number of nitrogens with one attached hydrogen (secondary N) is 1. The molecule has 0 saturated heterocycles. The maximum atomic E-state index is 12.5. The van der Waals surface area contributed by atoms with Crippen LogP contribution >= 0.6 is 11.6 Å². The van der Waals surface area contributed by atoms with Gasteiger partial charge < -0.3 is 5.32 Å². The number of alkyl halides is 3. The Bertz CT molecular complexity index is 829. The van der Waals surface area contributed by atoms with Crippen LogP contribution in [-0.2, 0) is 17.5 Å². The van der Waals surface area contributed by atoms with E-state index in [0.29, 0.717) is 10.7 Å². The Morgan fingerprint density at radius 3 is 2.50 bits per heavy atom. The minimum atomic E-state index is -4.46. The Hall–Kier alpha value is -2.99. The number of hydrogen-bond acceptors (Lipinski definition) is 5. The summed E-state index contributed by atoms with van der Waals surface area (Å²) in [6, 6.07) is 7.30. The molecule has 1 atom stereocenters. The SMILES string of the molecule is N#CC(N=Nc1ccc(C(F)(F)F)cc1)C(=O)NCc1ccc(Cl)nc1. The van der Waals surface area contributed by atoms with Crippen LogP contribution in [0.5, 0.6) is 0 Å². The van der Waals surface area contributed by atoms with Crippen molar-refractivity contribution in [1.29, 1.82) is 5.26 Å². The predicted octanol–water partition coefficient (Wildman–Crippen LogP) is 4.05. The largest absolute Gasteiger partial charge is 0.416 e. The van der Waals surface area contributed by atoms with Gasteiger partial charge in [-0.3, -0.25) is 4.79 Å². The maximum absolute atomic E-state index is 12.5. The highest BCUT2D eigenvalue weighted by molar-refractivity contribution is 6.29. The number of rotatable bonds is 5. The van der Waals surface area contributed by atoms with Crippen LogP contribution in [-0.4, -0.2) is 16.9 Å². The van der Waals surface area contributed by atoms with E-state index in [2.05, 4.69) is 20.5 Å². The van der Waals surface area contributed by atoms with E-state index >= 15 is 0 Å². The van der Waals surface area contributed by atoms with Crippen molar-refractivity contribution in [2.24, 2.45) is 10.2 Å². The summed E-state index contributed by atoms with van der Waals surface area (Å²) in [5.41, 5.74) is -0.0744. The minimum absolute atomic E-state index is 0.0907. The van der Waals surface area contributed by atoms with Crippen LogP contribution in [0.3, 0.4) is 0 Å². The van der Waals surface area contributed by atoms with Gasteiger partial charge in [-0.25, -0.2) is 4.98 Å². The van der Waals surface area contributed by atoms with Gasteiger partial charge in [-0.15, -0.1) is 0 Å². The molecule has 6 nitrogen and oxygen atoms in total. The summed E-state index contributed by atoms with van der Waals surface area (Å²) in [5.74, 6) is -0.696. The second-order valence-corrected chi connectivity index (χ2v) is 5.39. The molecule has 10 heteroatoms. The fourth-order valence-electron chi connectivity index (χ4n) is 1.78. The number of nitriles is 1. The lowest BCUT2D eigenvalue weighted by Crippen LogP contribution is -2.32. The molecule has 134 valence electrons. The topological polar surface area (TPSA) is 90.5 Å². The van der Waals surface area contributed by atoms with Crippen LogP contribution in [0.1, 0.15) is 11.1 Å². The Labute approximate surface area is 151 Å². The van der Waals surface area contributed by atoms with Crippen molar-refractivity contribution in [2.45, 2.75) is 18.8 Å². The van der Waals surface area contributed by atoms with Gasteiger partial charge in [-0.1, -0.05) is 17.7 Å². The number of halogens is 4. The summed E-state index contributed by atoms with van der Waals surface area (Å²) < 4.78 is 37.4. The minimum Gasteiger partial charge on any atom is -0.349 e. The summed E-state index contributed by atoms with van der Waals surface area (Å²) >= 11 is 5.65. The number of pyridine rings is 1. The van der Waals surface area contributed by atoms with Gasteiger partial charge in [0.2, 0.25) is 6.04 Å². The molecule has 0 aliphatic carbocycles. The number of amides is 1. The molecular weight excluding hydrogens is 371 g/mol. The second kappa shape index (κ2) is 8.40. The van der Waals surface area contributed by atoms with Crippen molar-refractivity contribution in [3.05, 3.63) is 58.9 Å². The second-order valence-electron chi connectivity index (χ2n) is 5.00. The third kappa shape index (κ3) is 5.53. The van der Waals surface area contributed by atoms with Crippen molar-refractivity contribution < 1.29 is 18.0 Å². The molecule has 1 N–H and O–H groups in total. The molecule has 1 amide bonds. The van der Waals surface area contributed by atoms with Crippen LogP contribution in [0.25, 0.3) is 0 Å². The van der Waals surface area contributed by atoms with E-state index in [4.69, 9.17) is 16.9 Å². The van der Waals surface area contributed by atoms with Gasteiger partial charge in [0.25, 0.3) is 5.91 Å². The number of nitrogens with zero attached hydrogens (tertiary/aromatic N) is 4. The van der Waals surface area contributed by atoms with Crippen LogP contribution in [0.2, 0.25) is 5.15 Å². The number of aromatic nitrogens is 1. The highest BCUT2D eigenvalue weighted by atomic mass is 35.5. The molecule has 0 radical (unpaired) electrons. The molecule has 0 spiro atoms. The monoisotopic (exact) mass is 381 g/mol. The van der Waals surface area contributed by atoms with Crippen LogP contribution in [0.4, 0.5) is 18.9 Å². The maximum Gasteiger partial charge on any atom is 0.416 e. The smallest absolute Gasteiger partial charge is 0.349 e. The van der Waals surface area contributed by atoms with Crippen molar-refractivity contribution in [1.82, 2.24) is 10.3 Å².